The summed E-state index contributed by atoms with van der Waals surface area (Å²) in [5.74, 6) is 1.68. The molecular weight excluding hydrogens is 522 g/mol. The van der Waals surface area contributed by atoms with Crippen molar-refractivity contribution in [1.82, 2.24) is 15.2 Å². The van der Waals surface area contributed by atoms with E-state index in [1.54, 1.807) is 0 Å². The first kappa shape index (κ1) is 28.5. The van der Waals surface area contributed by atoms with Gasteiger partial charge in [-0.25, -0.2) is 0 Å². The van der Waals surface area contributed by atoms with E-state index in [1.807, 2.05) is 62.2 Å². The Morgan fingerprint density at radius 1 is 1.18 bits per heavy atom. The first-order chi connectivity index (χ1) is 19.4. The molecule has 1 aromatic carbocycles. The highest BCUT2D eigenvalue weighted by atomic mass is 32.2. The number of amides is 1. The van der Waals surface area contributed by atoms with E-state index in [-0.39, 0.29) is 5.91 Å². The molecule has 0 saturated heterocycles. The molecule has 1 unspecified atom stereocenters. The Morgan fingerprint density at radius 3 is 2.65 bits per heavy atom. The monoisotopic (exact) mass is 561 g/mol. The first-order valence-electron chi connectivity index (χ1n) is 14.4. The zero-order valence-electron chi connectivity index (χ0n) is 24.0. The van der Waals surface area contributed by atoms with E-state index >= 15 is 0 Å². The normalized spacial score (nSPS) is 19.8. The molecule has 212 valence electrons. The zero-order valence-corrected chi connectivity index (χ0v) is 24.8. The Hall–Kier alpha value is -3.01. The highest BCUT2D eigenvalue weighted by molar-refractivity contribution is 7.90. The Morgan fingerprint density at radius 2 is 1.95 bits per heavy atom. The van der Waals surface area contributed by atoms with E-state index in [1.165, 1.54) is 0 Å². The molecule has 40 heavy (non-hydrogen) atoms. The van der Waals surface area contributed by atoms with Gasteiger partial charge in [-0.3, -0.25) is 19.7 Å². The number of rotatable bonds is 11. The molecule has 1 saturated carbocycles. The number of unbranched alkanes of at least 4 members (excludes halogenated alkanes) is 1. The largest absolute Gasteiger partial charge is 0.586 e. The predicted molar refractivity (Wildman–Crippen MR) is 159 cm³/mol. The SMILES string of the molecule is CCCCC1=NC2(CCCC2)C(=O)N1Cc1cc(COCC)c(-c2ccccc2[S+]([O-])N=C2NC(C)=C2C)cn1. The van der Waals surface area contributed by atoms with Gasteiger partial charge in [0.2, 0.25) is 0 Å². The third kappa shape index (κ3) is 5.60. The van der Waals surface area contributed by atoms with Gasteiger partial charge in [0, 0.05) is 41.6 Å². The van der Waals surface area contributed by atoms with E-state index in [0.29, 0.717) is 30.5 Å². The van der Waals surface area contributed by atoms with Crippen LogP contribution in [0, 0.1) is 0 Å². The second-order valence-electron chi connectivity index (χ2n) is 10.8. The van der Waals surface area contributed by atoms with Crippen molar-refractivity contribution < 1.29 is 14.1 Å². The number of pyridine rings is 1. The predicted octanol–water partition coefficient (Wildman–Crippen LogP) is 5.85. The van der Waals surface area contributed by atoms with Gasteiger partial charge in [-0.1, -0.05) is 38.3 Å². The van der Waals surface area contributed by atoms with Crippen LogP contribution in [-0.2, 0) is 34.0 Å². The van der Waals surface area contributed by atoms with Crippen molar-refractivity contribution in [3.05, 3.63) is 59.1 Å². The number of nitrogens with one attached hydrogen (secondary N) is 1. The molecule has 2 aromatic rings. The fourth-order valence-electron chi connectivity index (χ4n) is 5.61. The van der Waals surface area contributed by atoms with Crippen molar-refractivity contribution in [2.75, 3.05) is 6.61 Å². The summed E-state index contributed by atoms with van der Waals surface area (Å²) < 4.78 is 23.6. The summed E-state index contributed by atoms with van der Waals surface area (Å²) in [7, 11) is 0. The van der Waals surface area contributed by atoms with Crippen LogP contribution in [0.25, 0.3) is 11.1 Å². The van der Waals surface area contributed by atoms with Gasteiger partial charge < -0.3 is 14.6 Å². The lowest BCUT2D eigenvalue weighted by atomic mass is 9.98. The summed E-state index contributed by atoms with van der Waals surface area (Å²) in [6.07, 6.45) is 8.45. The third-order valence-electron chi connectivity index (χ3n) is 8.07. The molecule has 1 spiro atoms. The summed E-state index contributed by atoms with van der Waals surface area (Å²) >= 11 is -1.60. The summed E-state index contributed by atoms with van der Waals surface area (Å²) in [4.78, 5) is 25.9. The van der Waals surface area contributed by atoms with Crippen LogP contribution < -0.4 is 5.32 Å². The summed E-state index contributed by atoms with van der Waals surface area (Å²) in [6, 6.07) is 9.62. The van der Waals surface area contributed by atoms with Gasteiger partial charge in [0.25, 0.3) is 5.91 Å². The lowest BCUT2D eigenvalue weighted by Crippen LogP contribution is -2.40. The number of nitrogens with zero attached hydrogens (tertiary/aromatic N) is 4. The molecule has 9 heteroatoms. The van der Waals surface area contributed by atoms with Crippen LogP contribution >= 0.6 is 0 Å². The quantitative estimate of drug-likeness (QED) is 0.347. The number of amidine groups is 2. The molecule has 1 aliphatic carbocycles. The maximum atomic E-state index is 13.6. The van der Waals surface area contributed by atoms with E-state index in [9.17, 15) is 9.35 Å². The van der Waals surface area contributed by atoms with Gasteiger partial charge in [-0.2, -0.15) is 0 Å². The standard InChI is InChI=1S/C31H39N5O3S/c1-5-7-14-28-34-31(15-10-11-16-31)30(37)36(28)19-24-17-23(20-39-6-2)26(18-32-24)25-12-8-9-13-27(25)40(38)35-29-21(3)22(4)33-29/h8-9,12-13,17-18H,5-7,10-11,14-16,19-20H2,1-4H3,(H,33,35). The van der Waals surface area contributed by atoms with Crippen LogP contribution in [-0.4, -0.2) is 44.2 Å². The van der Waals surface area contributed by atoms with Crippen molar-refractivity contribution in [1.29, 1.82) is 0 Å². The van der Waals surface area contributed by atoms with Crippen molar-refractivity contribution >= 4 is 28.9 Å². The average Bonchev–Trinajstić information content (AvgIpc) is 3.55. The van der Waals surface area contributed by atoms with E-state index in [4.69, 9.17) is 14.7 Å². The first-order valence-corrected chi connectivity index (χ1v) is 15.5. The number of aliphatic imine (C=N–C) groups is 1. The van der Waals surface area contributed by atoms with Gasteiger partial charge in [-0.05, 0) is 68.2 Å². The Bertz CT molecular complexity index is 1360. The Balaban J connectivity index is 1.46. The van der Waals surface area contributed by atoms with Crippen LogP contribution in [0.2, 0.25) is 0 Å². The van der Waals surface area contributed by atoms with Crippen LogP contribution in [0.1, 0.15) is 83.9 Å². The molecule has 0 bridgehead atoms. The topological polar surface area (TPSA) is 102 Å². The van der Waals surface area contributed by atoms with Gasteiger partial charge in [0.1, 0.15) is 22.7 Å². The van der Waals surface area contributed by atoms with Gasteiger partial charge in [0.05, 0.1) is 18.8 Å². The number of aromatic nitrogens is 1. The average molecular weight is 562 g/mol. The molecule has 0 radical (unpaired) electrons. The molecule has 1 aromatic heterocycles. The fraction of sp³-hybridized carbons (Fsp3) is 0.484. The lowest BCUT2D eigenvalue weighted by Gasteiger charge is -2.23. The molecule has 1 amide bonds. The second-order valence-corrected chi connectivity index (χ2v) is 11.9. The highest BCUT2D eigenvalue weighted by Gasteiger charge is 2.49. The van der Waals surface area contributed by atoms with Crippen LogP contribution in [0.4, 0.5) is 0 Å². The zero-order chi connectivity index (χ0) is 28.3. The second kappa shape index (κ2) is 12.2. The minimum Gasteiger partial charge on any atom is -0.586 e. The van der Waals surface area contributed by atoms with E-state index in [0.717, 1.165) is 84.4 Å². The van der Waals surface area contributed by atoms with Crippen molar-refractivity contribution in [2.45, 2.75) is 96.2 Å². The minimum absolute atomic E-state index is 0.123. The number of carbonyl (C=O) groups is 1. The van der Waals surface area contributed by atoms with Crippen LogP contribution in [0.5, 0.6) is 0 Å². The number of hydrogen-bond donors (Lipinski definition) is 1. The summed E-state index contributed by atoms with van der Waals surface area (Å²) in [5, 5.41) is 3.13. The molecule has 5 rings (SSSR count). The van der Waals surface area contributed by atoms with E-state index < -0.39 is 16.9 Å². The van der Waals surface area contributed by atoms with Gasteiger partial charge in [-0.15, -0.1) is 0 Å². The number of allylic oxidation sites excluding steroid dienone is 1. The fourth-order valence-corrected chi connectivity index (χ4v) is 6.62. The minimum atomic E-state index is -1.60. The molecule has 1 N–H and O–H groups in total. The molecule has 3 aliphatic rings. The lowest BCUT2D eigenvalue weighted by molar-refractivity contribution is -0.131. The summed E-state index contributed by atoms with van der Waals surface area (Å²) in [5.41, 5.74) is 4.89. The van der Waals surface area contributed by atoms with Crippen molar-refractivity contribution in [2.24, 2.45) is 9.39 Å². The molecular formula is C31H39N5O3S. The van der Waals surface area contributed by atoms with Crippen LogP contribution in [0.15, 0.2) is 62.1 Å². The number of ether oxygens (including phenoxy) is 1. The molecule has 3 heterocycles. The maximum Gasteiger partial charge on any atom is 0.256 e. The smallest absolute Gasteiger partial charge is 0.256 e. The van der Waals surface area contributed by atoms with Crippen molar-refractivity contribution in [3.63, 3.8) is 0 Å². The number of hydrogen-bond acceptors (Lipinski definition) is 6. The van der Waals surface area contributed by atoms with Crippen LogP contribution in [0.3, 0.4) is 0 Å². The molecule has 2 aliphatic heterocycles. The molecule has 1 atom stereocenters. The van der Waals surface area contributed by atoms with Gasteiger partial charge >= 0.3 is 0 Å². The van der Waals surface area contributed by atoms with Gasteiger partial charge in [0.15, 0.2) is 10.7 Å². The number of benzene rings is 1. The Labute approximate surface area is 240 Å². The summed E-state index contributed by atoms with van der Waals surface area (Å²) in [6.45, 7) is 9.40. The van der Waals surface area contributed by atoms with Crippen molar-refractivity contribution in [3.8, 4) is 11.1 Å². The number of carbonyl (C=O) groups excluding carboxylic acids is 1. The third-order valence-corrected chi connectivity index (χ3v) is 9.15. The highest BCUT2D eigenvalue weighted by Crippen LogP contribution is 2.40. The molecule has 1 fully saturated rings. The Kier molecular flexibility index (Phi) is 8.73. The van der Waals surface area contributed by atoms with E-state index in [2.05, 4.69) is 16.6 Å². The molecule has 8 nitrogen and oxygen atoms in total. The maximum absolute atomic E-state index is 13.6.